The fraction of sp³-hybridized carbons (Fsp3) is 0.0612. The summed E-state index contributed by atoms with van der Waals surface area (Å²) in [4.78, 5) is 10.3. The number of rotatable bonds is 5. The molecule has 0 saturated carbocycles. The zero-order valence-corrected chi connectivity index (χ0v) is 29.4. The molecule has 1 aliphatic carbocycles. The maximum absolute atomic E-state index is 6.66. The molecule has 0 N–H and O–H groups in total. The van der Waals surface area contributed by atoms with E-state index in [0.717, 1.165) is 67.4 Å². The van der Waals surface area contributed by atoms with Crippen molar-refractivity contribution in [2.45, 2.75) is 19.3 Å². The van der Waals surface area contributed by atoms with Crippen molar-refractivity contribution in [1.82, 2.24) is 9.97 Å². The second-order valence-corrected chi connectivity index (χ2v) is 14.2. The van der Waals surface area contributed by atoms with Crippen molar-refractivity contribution in [3.8, 4) is 90.3 Å². The third-order valence-electron chi connectivity index (χ3n) is 10.6. The van der Waals surface area contributed by atoms with E-state index in [9.17, 15) is 0 Å². The van der Waals surface area contributed by atoms with E-state index in [4.69, 9.17) is 19.4 Å². The zero-order valence-electron chi connectivity index (χ0n) is 29.4. The summed E-state index contributed by atoms with van der Waals surface area (Å²) in [5.74, 6) is 3.56. The Morgan fingerprint density at radius 3 is 1.83 bits per heavy atom. The molecule has 8 aromatic rings. The van der Waals surface area contributed by atoms with Gasteiger partial charge in [0.05, 0.1) is 11.4 Å². The highest BCUT2D eigenvalue weighted by Gasteiger charge is 2.39. The average molecular weight is 683 g/mol. The number of ether oxygens (including phenoxy) is 2. The van der Waals surface area contributed by atoms with Crippen molar-refractivity contribution >= 4 is 0 Å². The van der Waals surface area contributed by atoms with Gasteiger partial charge in [-0.1, -0.05) is 153 Å². The molecule has 53 heavy (non-hydrogen) atoms. The summed E-state index contributed by atoms with van der Waals surface area (Å²) in [5, 5.41) is 0. The van der Waals surface area contributed by atoms with Crippen LogP contribution in [0.3, 0.4) is 0 Å². The highest BCUT2D eigenvalue weighted by atomic mass is 16.6. The van der Waals surface area contributed by atoms with Crippen LogP contribution >= 0.6 is 0 Å². The molecule has 0 atom stereocenters. The molecule has 0 unspecified atom stereocenters. The van der Waals surface area contributed by atoms with Crippen molar-refractivity contribution in [1.29, 1.82) is 0 Å². The molecule has 0 spiro atoms. The molecule has 0 fully saturated rings. The van der Waals surface area contributed by atoms with Gasteiger partial charge in [0.25, 0.3) is 0 Å². The first kappa shape index (κ1) is 31.0. The van der Waals surface area contributed by atoms with E-state index in [2.05, 4.69) is 147 Å². The van der Waals surface area contributed by atoms with Gasteiger partial charge in [-0.2, -0.15) is 0 Å². The SMILES string of the molecule is CC1(C)c2ccccc2-c2c1ccc1c2Oc2ccc(-c3cccc(-c4nc(-c5ccccc5)cc(-c5ccccc5-c5ccccc5)n4)c3)cc2O1. The first-order valence-electron chi connectivity index (χ1n) is 18.0. The summed E-state index contributed by atoms with van der Waals surface area (Å²) >= 11 is 0. The van der Waals surface area contributed by atoms with E-state index < -0.39 is 0 Å². The van der Waals surface area contributed by atoms with Crippen LogP contribution in [0.2, 0.25) is 0 Å². The molecule has 4 nitrogen and oxygen atoms in total. The summed E-state index contributed by atoms with van der Waals surface area (Å²) in [7, 11) is 0. The molecule has 2 heterocycles. The second kappa shape index (κ2) is 12.2. The molecular formula is C49H34N2O2. The lowest BCUT2D eigenvalue weighted by Gasteiger charge is -2.25. The number of hydrogen-bond acceptors (Lipinski definition) is 4. The van der Waals surface area contributed by atoms with Crippen LogP contribution in [0.5, 0.6) is 23.0 Å². The predicted molar refractivity (Wildman–Crippen MR) is 213 cm³/mol. The largest absolute Gasteiger partial charge is 0.449 e. The van der Waals surface area contributed by atoms with Crippen LogP contribution in [-0.4, -0.2) is 9.97 Å². The molecule has 10 rings (SSSR count). The molecule has 2 aliphatic rings. The summed E-state index contributed by atoms with van der Waals surface area (Å²) in [6, 6.07) is 58.7. The molecule has 0 saturated heterocycles. The first-order chi connectivity index (χ1) is 26.0. The molecule has 0 radical (unpaired) electrons. The van der Waals surface area contributed by atoms with Gasteiger partial charge in [0.1, 0.15) is 0 Å². The van der Waals surface area contributed by atoms with E-state index in [1.54, 1.807) is 0 Å². The predicted octanol–water partition coefficient (Wildman–Crippen LogP) is 13.0. The third kappa shape index (κ3) is 5.22. The van der Waals surface area contributed by atoms with Gasteiger partial charge in [-0.15, -0.1) is 0 Å². The standard InChI is InChI=1S/C49H34N2O2/c1-49(2)39-23-12-11-22-38(39)46-40(49)25-27-44-47(46)53-43-26-24-34(29-45(43)52-44)33-18-13-19-35(28-33)48-50-41(32-16-7-4-8-17-32)30-42(51-48)37-21-10-9-20-36(37)31-14-5-3-6-15-31/h3-30H,1-2H3. The summed E-state index contributed by atoms with van der Waals surface area (Å²) in [6.07, 6.45) is 0. The summed E-state index contributed by atoms with van der Waals surface area (Å²) in [5.41, 5.74) is 13.8. The van der Waals surface area contributed by atoms with Gasteiger partial charge in [0, 0.05) is 27.7 Å². The van der Waals surface area contributed by atoms with Crippen LogP contribution in [0.4, 0.5) is 0 Å². The van der Waals surface area contributed by atoms with E-state index in [0.29, 0.717) is 17.3 Å². The smallest absolute Gasteiger partial charge is 0.178 e. The first-order valence-corrected chi connectivity index (χ1v) is 18.0. The van der Waals surface area contributed by atoms with Gasteiger partial charge in [-0.05, 0) is 69.3 Å². The number of benzene rings is 7. The fourth-order valence-electron chi connectivity index (χ4n) is 7.89. The van der Waals surface area contributed by atoms with Gasteiger partial charge in [-0.25, -0.2) is 9.97 Å². The van der Waals surface area contributed by atoms with E-state index >= 15 is 0 Å². The zero-order chi connectivity index (χ0) is 35.5. The topological polar surface area (TPSA) is 44.2 Å². The normalized spacial score (nSPS) is 13.2. The Morgan fingerprint density at radius 1 is 0.396 bits per heavy atom. The monoisotopic (exact) mass is 682 g/mol. The molecule has 252 valence electrons. The quantitative estimate of drug-likeness (QED) is 0.181. The van der Waals surface area contributed by atoms with E-state index in [-0.39, 0.29) is 5.41 Å². The molecule has 1 aliphatic heterocycles. The Kier molecular flexibility index (Phi) is 7.12. The van der Waals surface area contributed by atoms with Crippen LogP contribution in [0, 0.1) is 0 Å². The van der Waals surface area contributed by atoms with Crippen molar-refractivity contribution in [2.75, 3.05) is 0 Å². The minimum atomic E-state index is -0.115. The van der Waals surface area contributed by atoms with Gasteiger partial charge in [-0.3, -0.25) is 0 Å². The Hall–Kier alpha value is -6.78. The van der Waals surface area contributed by atoms with Gasteiger partial charge < -0.3 is 9.47 Å². The maximum atomic E-state index is 6.66. The van der Waals surface area contributed by atoms with Crippen LogP contribution in [0.1, 0.15) is 25.0 Å². The van der Waals surface area contributed by atoms with Gasteiger partial charge in [0.2, 0.25) is 0 Å². The molecule has 7 aromatic carbocycles. The molecule has 4 heteroatoms. The van der Waals surface area contributed by atoms with Crippen molar-refractivity contribution in [3.63, 3.8) is 0 Å². The van der Waals surface area contributed by atoms with Crippen molar-refractivity contribution < 1.29 is 9.47 Å². The Bertz CT molecular complexity index is 2700. The number of hydrogen-bond donors (Lipinski definition) is 0. The number of aromatic nitrogens is 2. The molecular weight excluding hydrogens is 649 g/mol. The summed E-state index contributed by atoms with van der Waals surface area (Å²) in [6.45, 7) is 4.55. The fourth-order valence-corrected chi connectivity index (χ4v) is 7.89. The van der Waals surface area contributed by atoms with Crippen molar-refractivity contribution in [2.24, 2.45) is 0 Å². The van der Waals surface area contributed by atoms with Gasteiger partial charge in [0.15, 0.2) is 28.8 Å². The highest BCUT2D eigenvalue weighted by molar-refractivity contribution is 5.88. The second-order valence-electron chi connectivity index (χ2n) is 14.2. The molecule has 0 amide bonds. The minimum Gasteiger partial charge on any atom is -0.449 e. The minimum absolute atomic E-state index is 0.115. The van der Waals surface area contributed by atoms with Crippen LogP contribution in [-0.2, 0) is 5.41 Å². The van der Waals surface area contributed by atoms with Crippen LogP contribution in [0.25, 0.3) is 67.3 Å². The molecule has 0 bridgehead atoms. The van der Waals surface area contributed by atoms with E-state index in [1.807, 2.05) is 36.4 Å². The lowest BCUT2D eigenvalue weighted by atomic mass is 9.82. The highest BCUT2D eigenvalue weighted by Crippen LogP contribution is 2.58. The Labute approximate surface area is 309 Å². The summed E-state index contributed by atoms with van der Waals surface area (Å²) < 4.78 is 13.3. The third-order valence-corrected chi connectivity index (χ3v) is 10.6. The average Bonchev–Trinajstić information content (AvgIpc) is 3.46. The Morgan fingerprint density at radius 2 is 1.02 bits per heavy atom. The Balaban J connectivity index is 1.03. The lowest BCUT2D eigenvalue weighted by Crippen LogP contribution is -2.15. The van der Waals surface area contributed by atoms with Crippen LogP contribution in [0.15, 0.2) is 170 Å². The van der Waals surface area contributed by atoms with Crippen molar-refractivity contribution in [3.05, 3.63) is 181 Å². The van der Waals surface area contributed by atoms with Gasteiger partial charge >= 0.3 is 0 Å². The number of fused-ring (bicyclic) bond motifs is 6. The molecule has 1 aromatic heterocycles. The lowest BCUT2D eigenvalue weighted by molar-refractivity contribution is 0.360. The maximum Gasteiger partial charge on any atom is 0.178 e. The van der Waals surface area contributed by atoms with E-state index in [1.165, 1.54) is 16.7 Å². The van der Waals surface area contributed by atoms with Crippen LogP contribution < -0.4 is 9.47 Å². The number of nitrogens with zero attached hydrogens (tertiary/aromatic N) is 2.